The molecule has 1 aliphatic heterocycles. The number of cyclic esters (lactones) is 1. The smallest absolute Gasteiger partial charge is 0.466 e. The van der Waals surface area contributed by atoms with E-state index in [1.165, 1.54) is 13.0 Å². The minimum atomic E-state index is -4.79. The topological polar surface area (TPSA) is 70.4 Å². The molecule has 1 atom stereocenters. The molecule has 9 heteroatoms. The predicted molar refractivity (Wildman–Crippen MR) is 63.9 cm³/mol. The summed E-state index contributed by atoms with van der Waals surface area (Å²) in [6.07, 6.45) is -5.91. The summed E-state index contributed by atoms with van der Waals surface area (Å²) in [5, 5.41) is 8.69. The number of alkyl halides is 3. The maximum atomic E-state index is 12.9. The monoisotopic (exact) mass is 386 g/mol. The molecule has 0 aromatic heterocycles. The van der Waals surface area contributed by atoms with Gasteiger partial charge in [-0.15, -0.1) is 0 Å². The van der Waals surface area contributed by atoms with E-state index in [9.17, 15) is 22.8 Å². The van der Waals surface area contributed by atoms with Crippen LogP contribution in [0.3, 0.4) is 0 Å². The number of anilines is 1. The number of amides is 2. The molecular weight excluding hydrogens is 378 g/mol. The molecule has 0 aliphatic carbocycles. The number of hydrogen-bond acceptors (Lipinski definition) is 4. The molecule has 1 aromatic carbocycles. The van der Waals surface area contributed by atoms with Crippen LogP contribution in [0.4, 0.5) is 23.7 Å². The molecule has 1 aliphatic rings. The molecule has 5 nitrogen and oxygen atoms in total. The van der Waals surface area contributed by atoms with Gasteiger partial charge >= 0.3 is 45.0 Å². The van der Waals surface area contributed by atoms with E-state index in [4.69, 9.17) is 10.00 Å². The van der Waals surface area contributed by atoms with Crippen LogP contribution in [0.25, 0.3) is 0 Å². The normalized spacial score (nSPS) is 21.2. The molecule has 0 radical (unpaired) electrons. The summed E-state index contributed by atoms with van der Waals surface area (Å²) in [5.74, 6) is -0.884. The zero-order valence-electron chi connectivity index (χ0n) is 11.3. The molecular formula is C13H8F3N2O3Y+2. The summed E-state index contributed by atoms with van der Waals surface area (Å²) in [5.41, 5.74) is -3.86. The van der Waals surface area contributed by atoms with E-state index < -0.39 is 34.9 Å². The number of ether oxygens (including phenoxy) is 1. The van der Waals surface area contributed by atoms with Crippen molar-refractivity contribution in [2.75, 3.05) is 4.90 Å². The molecule has 110 valence electrons. The summed E-state index contributed by atoms with van der Waals surface area (Å²) in [6.45, 7) is 4.60. The number of hydrogen-bond donors (Lipinski definition) is 0. The van der Waals surface area contributed by atoms with Crippen LogP contribution in [-0.2, 0) is 48.4 Å². The Morgan fingerprint density at radius 2 is 1.95 bits per heavy atom. The van der Waals surface area contributed by atoms with Gasteiger partial charge in [0, 0.05) is 0 Å². The average Bonchev–Trinajstić information content (AvgIpc) is 2.56. The fourth-order valence-electron chi connectivity index (χ4n) is 1.83. The van der Waals surface area contributed by atoms with Crippen LogP contribution >= 0.6 is 0 Å². The van der Waals surface area contributed by atoms with Gasteiger partial charge in [0.1, 0.15) is 0 Å². The molecule has 1 saturated heterocycles. The van der Waals surface area contributed by atoms with E-state index >= 15 is 0 Å². The molecule has 0 N–H and O–H groups in total. The summed E-state index contributed by atoms with van der Waals surface area (Å²) < 4.78 is 43.3. The first kappa shape index (κ1) is 18.6. The number of halogens is 3. The first-order chi connectivity index (χ1) is 9.58. The number of carbonyl (C=O) groups excluding carboxylic acids is 2. The van der Waals surface area contributed by atoms with Gasteiger partial charge in [0.25, 0.3) is 0 Å². The fourth-order valence-corrected chi connectivity index (χ4v) is 1.83. The Morgan fingerprint density at radius 3 is 2.36 bits per heavy atom. The summed E-state index contributed by atoms with van der Waals surface area (Å²) in [6, 6.07) is 3.91. The summed E-state index contributed by atoms with van der Waals surface area (Å²) in [7, 11) is 0. The second-order valence-corrected chi connectivity index (χ2v) is 4.58. The number of imide groups is 1. The number of benzene rings is 1. The third-order valence-corrected chi connectivity index (χ3v) is 2.84. The van der Waals surface area contributed by atoms with E-state index in [1.807, 2.05) is 0 Å². The molecule has 1 heterocycles. The summed E-state index contributed by atoms with van der Waals surface area (Å²) >= 11 is 0. The molecule has 1 aromatic rings. The Morgan fingerprint density at radius 1 is 1.36 bits per heavy atom. The van der Waals surface area contributed by atoms with E-state index in [0.717, 1.165) is 12.1 Å². The van der Waals surface area contributed by atoms with Gasteiger partial charge in [0.2, 0.25) is 5.91 Å². The Balaban J connectivity index is 0.00000242. The van der Waals surface area contributed by atoms with Crippen LogP contribution in [0.2, 0.25) is 0 Å². The maximum Gasteiger partial charge on any atom is 3.00 e. The first-order valence-corrected chi connectivity index (χ1v) is 5.62. The van der Waals surface area contributed by atoms with Crippen LogP contribution in [0, 0.1) is 18.3 Å². The molecule has 0 saturated carbocycles. The first-order valence-electron chi connectivity index (χ1n) is 5.62. The third-order valence-electron chi connectivity index (χ3n) is 2.84. The quantitative estimate of drug-likeness (QED) is 0.696. The van der Waals surface area contributed by atoms with Gasteiger partial charge in [0.15, 0.2) is 0 Å². The minimum absolute atomic E-state index is 0. The van der Waals surface area contributed by atoms with Crippen LogP contribution in [0.1, 0.15) is 18.1 Å². The zero-order valence-corrected chi connectivity index (χ0v) is 14.1. The van der Waals surface area contributed by atoms with Crippen molar-refractivity contribution in [2.24, 2.45) is 0 Å². The van der Waals surface area contributed by atoms with Crippen molar-refractivity contribution in [3.8, 4) is 6.07 Å². The standard InChI is InChI=1S/C13H8F3N2O3.Y/c1-12(2)10(19)18(11(20)21-12)8-4-3-7(6-17)9(5-8)13(14,15)16;/h3-5H,1H2,2H3;/q-1;+3. The van der Waals surface area contributed by atoms with Crippen molar-refractivity contribution >= 4 is 17.7 Å². The zero-order chi connectivity index (χ0) is 16.0. The third kappa shape index (κ3) is 3.15. The molecule has 0 bridgehead atoms. The van der Waals surface area contributed by atoms with Crippen LogP contribution < -0.4 is 4.90 Å². The van der Waals surface area contributed by atoms with Gasteiger partial charge in [0.05, 0.1) is 28.5 Å². The van der Waals surface area contributed by atoms with Crippen molar-refractivity contribution < 1.29 is 60.2 Å². The SMILES string of the molecule is [CH2-]C1(C)OC(=O)N(c2ccc(C#N)c(C(F)(F)F)c2)C1=O.[Y+3]. The van der Waals surface area contributed by atoms with Gasteiger partial charge in [-0.25, -0.2) is 9.69 Å². The van der Waals surface area contributed by atoms with Crippen molar-refractivity contribution in [1.82, 2.24) is 0 Å². The second-order valence-electron chi connectivity index (χ2n) is 4.58. The maximum absolute atomic E-state index is 12.9. The Kier molecular flexibility index (Phi) is 5.05. The van der Waals surface area contributed by atoms with E-state index in [2.05, 4.69) is 6.92 Å². The summed E-state index contributed by atoms with van der Waals surface area (Å²) in [4.78, 5) is 24.0. The minimum Gasteiger partial charge on any atom is -0.466 e. The largest absolute Gasteiger partial charge is 3.00 e. The molecule has 0 spiro atoms. The van der Waals surface area contributed by atoms with Crippen LogP contribution in [0.5, 0.6) is 0 Å². The Bertz CT molecular complexity index is 680. The fraction of sp³-hybridized carbons (Fsp3) is 0.231. The van der Waals surface area contributed by atoms with Gasteiger partial charge in [-0.3, -0.25) is 11.7 Å². The van der Waals surface area contributed by atoms with Gasteiger partial charge in [-0.2, -0.15) is 18.4 Å². The number of rotatable bonds is 1. The van der Waals surface area contributed by atoms with Crippen LogP contribution in [-0.4, -0.2) is 17.6 Å². The van der Waals surface area contributed by atoms with E-state index in [0.29, 0.717) is 11.0 Å². The Hall–Kier alpha value is -1.46. The van der Waals surface area contributed by atoms with Crippen LogP contribution in [0.15, 0.2) is 18.2 Å². The second kappa shape index (κ2) is 5.97. The predicted octanol–water partition coefficient (Wildman–Crippen LogP) is 2.65. The van der Waals surface area contributed by atoms with Crippen molar-refractivity contribution in [3.05, 3.63) is 36.2 Å². The molecule has 1 fully saturated rings. The van der Waals surface area contributed by atoms with Crippen molar-refractivity contribution in [3.63, 3.8) is 0 Å². The number of carbonyl (C=O) groups is 2. The molecule has 2 rings (SSSR count). The van der Waals surface area contributed by atoms with Gasteiger partial charge in [-0.1, -0.05) is 0 Å². The average molecular weight is 386 g/mol. The number of nitrogens with zero attached hydrogens (tertiary/aromatic N) is 2. The van der Waals surface area contributed by atoms with Crippen molar-refractivity contribution in [2.45, 2.75) is 18.7 Å². The van der Waals surface area contributed by atoms with Crippen molar-refractivity contribution in [1.29, 1.82) is 5.26 Å². The Labute approximate surface area is 148 Å². The van der Waals surface area contributed by atoms with Gasteiger partial charge in [-0.05, 0) is 25.1 Å². The number of nitriles is 1. The molecule has 1 unspecified atom stereocenters. The molecule has 2 amide bonds. The van der Waals surface area contributed by atoms with E-state index in [1.54, 1.807) is 0 Å². The van der Waals surface area contributed by atoms with E-state index in [-0.39, 0.29) is 38.4 Å². The van der Waals surface area contributed by atoms with Gasteiger partial charge < -0.3 is 4.74 Å². The molecule has 22 heavy (non-hydrogen) atoms.